The second kappa shape index (κ2) is 7.51. The zero-order valence-electron chi connectivity index (χ0n) is 12.4. The third-order valence-corrected chi connectivity index (χ3v) is 3.37. The number of carbonyl (C=O) groups excluding carboxylic acids is 2. The van der Waals surface area contributed by atoms with Gasteiger partial charge in [0.15, 0.2) is 18.5 Å². The Morgan fingerprint density at radius 2 is 1.78 bits per heavy atom. The number of hydrogen-bond donors (Lipinski definition) is 3. The quantitative estimate of drug-likeness (QED) is 0.616. The van der Waals surface area contributed by atoms with E-state index >= 15 is 0 Å². The molecule has 1 heterocycles. The number of hydrogen-bond acceptors (Lipinski definition) is 8. The van der Waals surface area contributed by atoms with Crippen molar-refractivity contribution in [1.29, 1.82) is 0 Å². The fourth-order valence-corrected chi connectivity index (χ4v) is 2.29. The van der Waals surface area contributed by atoms with Crippen LogP contribution in [0.3, 0.4) is 0 Å². The first-order valence-electron chi connectivity index (χ1n) is 6.99. The largest absolute Gasteiger partial charge is 0.455 e. The van der Waals surface area contributed by atoms with Gasteiger partial charge < -0.3 is 29.5 Å². The molecule has 23 heavy (non-hydrogen) atoms. The highest BCUT2D eigenvalue weighted by Gasteiger charge is 2.48. The average Bonchev–Trinajstić information content (AvgIpc) is 2.54. The van der Waals surface area contributed by atoms with Crippen molar-refractivity contribution in [2.45, 2.75) is 37.6 Å². The highest BCUT2D eigenvalue weighted by Crippen LogP contribution is 2.26. The number of ether oxygens (including phenoxy) is 3. The fraction of sp³-hybridized carbons (Fsp3) is 0.467. The summed E-state index contributed by atoms with van der Waals surface area (Å²) < 4.78 is 15.2. The van der Waals surface area contributed by atoms with Crippen molar-refractivity contribution < 1.29 is 39.1 Å². The van der Waals surface area contributed by atoms with Crippen LogP contribution in [0, 0.1) is 0 Å². The van der Waals surface area contributed by atoms with Crippen LogP contribution in [0.4, 0.5) is 0 Å². The molecule has 0 aliphatic carbocycles. The van der Waals surface area contributed by atoms with Gasteiger partial charge in [-0.05, 0) is 12.1 Å². The SMILES string of the molecule is CC(=O)O[C@@H]1[C@@H](O)[C@@H](O)O[C@H](CO)[C@H]1OC(=O)c1ccccc1. The van der Waals surface area contributed by atoms with Gasteiger partial charge in [0.1, 0.15) is 12.2 Å². The molecule has 1 saturated heterocycles. The maximum Gasteiger partial charge on any atom is 0.338 e. The Hall–Kier alpha value is -2.00. The molecule has 5 atom stereocenters. The van der Waals surface area contributed by atoms with E-state index in [-0.39, 0.29) is 5.56 Å². The van der Waals surface area contributed by atoms with Crippen LogP contribution in [0.15, 0.2) is 30.3 Å². The predicted octanol–water partition coefficient (Wildman–Crippen LogP) is -0.786. The van der Waals surface area contributed by atoms with E-state index < -0.39 is 49.3 Å². The van der Waals surface area contributed by atoms with Gasteiger partial charge in [-0.25, -0.2) is 4.79 Å². The number of carbonyl (C=O) groups is 2. The lowest BCUT2D eigenvalue weighted by Crippen LogP contribution is -2.61. The summed E-state index contributed by atoms with van der Waals surface area (Å²) in [7, 11) is 0. The molecule has 3 N–H and O–H groups in total. The van der Waals surface area contributed by atoms with Gasteiger partial charge in [-0.3, -0.25) is 4.79 Å². The summed E-state index contributed by atoms with van der Waals surface area (Å²) in [6.45, 7) is 0.507. The van der Waals surface area contributed by atoms with E-state index in [9.17, 15) is 24.9 Å². The van der Waals surface area contributed by atoms with Crippen LogP contribution >= 0.6 is 0 Å². The summed E-state index contributed by atoms with van der Waals surface area (Å²) in [6, 6.07) is 8.04. The maximum absolute atomic E-state index is 12.1. The summed E-state index contributed by atoms with van der Waals surface area (Å²) in [5.41, 5.74) is 0.242. The van der Waals surface area contributed by atoms with Crippen LogP contribution < -0.4 is 0 Å². The van der Waals surface area contributed by atoms with Crippen molar-refractivity contribution in [3.8, 4) is 0 Å². The van der Waals surface area contributed by atoms with Crippen molar-refractivity contribution in [3.63, 3.8) is 0 Å². The molecular formula is C15H18O8. The summed E-state index contributed by atoms with van der Waals surface area (Å²) in [5, 5.41) is 28.9. The topological polar surface area (TPSA) is 123 Å². The average molecular weight is 326 g/mol. The molecule has 0 saturated carbocycles. The van der Waals surface area contributed by atoms with Gasteiger partial charge in [-0.1, -0.05) is 18.2 Å². The maximum atomic E-state index is 12.1. The molecule has 1 aliphatic rings. The predicted molar refractivity (Wildman–Crippen MR) is 75.2 cm³/mol. The van der Waals surface area contributed by atoms with Gasteiger partial charge in [0.05, 0.1) is 12.2 Å². The zero-order chi connectivity index (χ0) is 17.0. The van der Waals surface area contributed by atoms with Crippen LogP contribution in [0.1, 0.15) is 17.3 Å². The van der Waals surface area contributed by atoms with Gasteiger partial charge in [0.25, 0.3) is 0 Å². The zero-order valence-corrected chi connectivity index (χ0v) is 12.4. The first-order chi connectivity index (χ1) is 10.9. The third kappa shape index (κ3) is 4.05. The standard InChI is InChI=1S/C15H18O8/c1-8(17)21-13-11(18)15(20)22-10(7-16)12(13)23-14(19)9-5-3-2-4-6-9/h2-6,10-13,15-16,18,20H,7H2,1H3/t10-,11-,12-,13-,15+/m1/s1. The van der Waals surface area contributed by atoms with Crippen LogP contribution in [-0.4, -0.2) is 64.6 Å². The smallest absolute Gasteiger partial charge is 0.338 e. The molecular weight excluding hydrogens is 308 g/mol. The fourth-order valence-electron chi connectivity index (χ4n) is 2.29. The number of aliphatic hydroxyl groups excluding tert-OH is 3. The number of benzene rings is 1. The molecule has 0 bridgehead atoms. The molecule has 126 valence electrons. The van der Waals surface area contributed by atoms with E-state index in [4.69, 9.17) is 14.2 Å². The Morgan fingerprint density at radius 3 is 2.35 bits per heavy atom. The Bertz CT molecular complexity index is 546. The Kier molecular flexibility index (Phi) is 5.67. The minimum Gasteiger partial charge on any atom is -0.455 e. The van der Waals surface area contributed by atoms with Gasteiger partial charge in [0.2, 0.25) is 0 Å². The first kappa shape index (κ1) is 17.4. The van der Waals surface area contributed by atoms with Crippen LogP contribution in [0.5, 0.6) is 0 Å². The van der Waals surface area contributed by atoms with Crippen molar-refractivity contribution in [1.82, 2.24) is 0 Å². The molecule has 1 aliphatic heterocycles. The lowest BCUT2D eigenvalue weighted by molar-refractivity contribution is -0.288. The Labute approximate surface area is 132 Å². The normalized spacial score (nSPS) is 30.5. The molecule has 1 aromatic rings. The molecule has 1 aromatic carbocycles. The minimum atomic E-state index is -1.68. The monoisotopic (exact) mass is 326 g/mol. The van der Waals surface area contributed by atoms with Crippen LogP contribution in [0.2, 0.25) is 0 Å². The van der Waals surface area contributed by atoms with Gasteiger partial charge >= 0.3 is 11.9 Å². The lowest BCUT2D eigenvalue weighted by Gasteiger charge is -2.41. The number of esters is 2. The Balaban J connectivity index is 2.22. The molecule has 0 amide bonds. The number of rotatable bonds is 4. The van der Waals surface area contributed by atoms with Crippen LogP contribution in [0.25, 0.3) is 0 Å². The lowest BCUT2D eigenvalue weighted by atomic mass is 9.98. The summed E-state index contributed by atoms with van der Waals surface area (Å²) in [5.74, 6) is -1.47. The second-order valence-corrected chi connectivity index (χ2v) is 5.05. The van der Waals surface area contributed by atoms with Crippen molar-refractivity contribution in [2.24, 2.45) is 0 Å². The summed E-state index contributed by atoms with van der Waals surface area (Å²) >= 11 is 0. The first-order valence-corrected chi connectivity index (χ1v) is 6.99. The van der Waals surface area contributed by atoms with E-state index in [1.165, 1.54) is 12.1 Å². The third-order valence-electron chi connectivity index (χ3n) is 3.37. The van der Waals surface area contributed by atoms with Crippen molar-refractivity contribution in [2.75, 3.05) is 6.61 Å². The molecule has 8 nitrogen and oxygen atoms in total. The summed E-state index contributed by atoms with van der Waals surface area (Å²) in [4.78, 5) is 23.4. The Morgan fingerprint density at radius 1 is 1.13 bits per heavy atom. The highest BCUT2D eigenvalue weighted by molar-refractivity contribution is 5.89. The summed E-state index contributed by atoms with van der Waals surface area (Å²) in [6.07, 6.45) is -7.07. The molecule has 0 aromatic heterocycles. The second-order valence-electron chi connectivity index (χ2n) is 5.05. The molecule has 0 spiro atoms. The van der Waals surface area contributed by atoms with Gasteiger partial charge in [-0.15, -0.1) is 0 Å². The van der Waals surface area contributed by atoms with E-state index in [1.54, 1.807) is 18.2 Å². The molecule has 0 radical (unpaired) electrons. The van der Waals surface area contributed by atoms with Crippen molar-refractivity contribution >= 4 is 11.9 Å². The molecule has 2 rings (SSSR count). The van der Waals surface area contributed by atoms with E-state index in [0.29, 0.717) is 0 Å². The molecule has 0 unspecified atom stereocenters. The van der Waals surface area contributed by atoms with E-state index in [0.717, 1.165) is 6.92 Å². The van der Waals surface area contributed by atoms with Crippen molar-refractivity contribution in [3.05, 3.63) is 35.9 Å². The van der Waals surface area contributed by atoms with E-state index in [1.807, 2.05) is 0 Å². The van der Waals surface area contributed by atoms with Crippen LogP contribution in [-0.2, 0) is 19.0 Å². The molecule has 8 heteroatoms. The minimum absolute atomic E-state index is 0.242. The highest BCUT2D eigenvalue weighted by atomic mass is 16.7. The number of aliphatic hydroxyl groups is 3. The van der Waals surface area contributed by atoms with Gasteiger partial charge in [-0.2, -0.15) is 0 Å². The molecule has 1 fully saturated rings. The van der Waals surface area contributed by atoms with E-state index in [2.05, 4.69) is 0 Å². The van der Waals surface area contributed by atoms with Gasteiger partial charge in [0, 0.05) is 6.92 Å².